The summed E-state index contributed by atoms with van der Waals surface area (Å²) in [5.74, 6) is 1.58. The molecule has 108 valence electrons. The molecule has 0 bridgehead atoms. The zero-order chi connectivity index (χ0) is 13.8. The maximum absolute atomic E-state index is 6.36. The molecule has 1 aromatic heterocycles. The van der Waals surface area contributed by atoms with Crippen molar-refractivity contribution in [1.82, 2.24) is 5.32 Å². The summed E-state index contributed by atoms with van der Waals surface area (Å²) in [6.45, 7) is 5.44. The maximum Gasteiger partial charge on any atom is 0.0992 e. The minimum atomic E-state index is 0.371. The van der Waals surface area contributed by atoms with E-state index in [1.165, 1.54) is 49.0 Å². The van der Waals surface area contributed by atoms with E-state index in [0.29, 0.717) is 12.0 Å². The standard InChI is InChI=1S/C15H23Cl2NS/c1-3-10-6-5-7-11(8-10)14(18-4-2)12-9-13(16)19-15(12)17/h9-11,14,18H,3-8H2,1-2H3. The van der Waals surface area contributed by atoms with Crippen molar-refractivity contribution >= 4 is 34.5 Å². The molecule has 3 atom stereocenters. The normalized spacial score (nSPS) is 25.5. The monoisotopic (exact) mass is 319 g/mol. The molecule has 1 N–H and O–H groups in total. The van der Waals surface area contributed by atoms with E-state index in [9.17, 15) is 0 Å². The first-order valence-electron chi connectivity index (χ1n) is 7.33. The van der Waals surface area contributed by atoms with Crippen LogP contribution in [0.15, 0.2) is 6.07 Å². The summed E-state index contributed by atoms with van der Waals surface area (Å²) in [7, 11) is 0. The van der Waals surface area contributed by atoms with Gasteiger partial charge in [0.25, 0.3) is 0 Å². The molecule has 0 amide bonds. The minimum absolute atomic E-state index is 0.371. The summed E-state index contributed by atoms with van der Waals surface area (Å²) in [6.07, 6.45) is 6.66. The maximum atomic E-state index is 6.36. The fraction of sp³-hybridized carbons (Fsp3) is 0.733. The molecule has 4 heteroatoms. The highest BCUT2D eigenvalue weighted by atomic mass is 35.5. The Kier molecular flexibility index (Phi) is 6.01. The van der Waals surface area contributed by atoms with Crippen LogP contribution in [0, 0.1) is 11.8 Å². The van der Waals surface area contributed by atoms with E-state index in [4.69, 9.17) is 23.2 Å². The van der Waals surface area contributed by atoms with Gasteiger partial charge in [0, 0.05) is 11.6 Å². The third-order valence-electron chi connectivity index (χ3n) is 4.31. The Morgan fingerprint density at radius 1 is 1.37 bits per heavy atom. The number of hydrogen-bond acceptors (Lipinski definition) is 2. The largest absolute Gasteiger partial charge is 0.310 e. The molecule has 1 saturated carbocycles. The number of hydrogen-bond donors (Lipinski definition) is 1. The van der Waals surface area contributed by atoms with Crippen LogP contribution in [0.3, 0.4) is 0 Å². The summed E-state index contributed by atoms with van der Waals surface area (Å²) < 4.78 is 1.65. The Morgan fingerprint density at radius 2 is 2.16 bits per heavy atom. The third kappa shape index (κ3) is 3.87. The molecule has 3 unspecified atom stereocenters. The van der Waals surface area contributed by atoms with Crippen LogP contribution in [0.25, 0.3) is 0 Å². The lowest BCUT2D eigenvalue weighted by Gasteiger charge is -2.34. The van der Waals surface area contributed by atoms with E-state index in [-0.39, 0.29) is 0 Å². The SMILES string of the molecule is CCNC(c1cc(Cl)sc1Cl)C1CCCC(CC)C1. The molecule has 0 spiro atoms. The zero-order valence-electron chi connectivity index (χ0n) is 11.7. The lowest BCUT2D eigenvalue weighted by atomic mass is 9.75. The van der Waals surface area contributed by atoms with E-state index in [1.807, 2.05) is 0 Å². The Labute approximate surface area is 130 Å². The minimum Gasteiger partial charge on any atom is -0.310 e. The molecule has 0 saturated heterocycles. The van der Waals surface area contributed by atoms with Crippen LogP contribution < -0.4 is 5.32 Å². The Morgan fingerprint density at radius 3 is 2.74 bits per heavy atom. The summed E-state index contributed by atoms with van der Waals surface area (Å²) in [6, 6.07) is 2.42. The highest BCUT2D eigenvalue weighted by Gasteiger charge is 2.30. The second kappa shape index (κ2) is 7.31. The van der Waals surface area contributed by atoms with E-state index in [1.54, 1.807) is 0 Å². The molecule has 1 nitrogen and oxygen atoms in total. The van der Waals surface area contributed by atoms with Gasteiger partial charge in [-0.3, -0.25) is 0 Å². The number of thiophene rings is 1. The van der Waals surface area contributed by atoms with Crippen molar-refractivity contribution < 1.29 is 0 Å². The van der Waals surface area contributed by atoms with E-state index in [2.05, 4.69) is 25.2 Å². The van der Waals surface area contributed by atoms with Crippen LogP contribution >= 0.6 is 34.5 Å². The fourth-order valence-corrected chi connectivity index (χ4v) is 4.87. The summed E-state index contributed by atoms with van der Waals surface area (Å²) in [5.41, 5.74) is 1.21. The molecule has 0 aromatic carbocycles. The highest BCUT2D eigenvalue weighted by Crippen LogP contribution is 2.43. The fourth-order valence-electron chi connectivity index (χ4n) is 3.32. The first-order valence-corrected chi connectivity index (χ1v) is 8.91. The molecule has 1 aromatic rings. The lowest BCUT2D eigenvalue weighted by molar-refractivity contribution is 0.211. The first kappa shape index (κ1) is 15.6. The first-order chi connectivity index (χ1) is 9.15. The molecular formula is C15H23Cl2NS. The molecular weight excluding hydrogens is 297 g/mol. The smallest absolute Gasteiger partial charge is 0.0992 e. The van der Waals surface area contributed by atoms with Crippen LogP contribution in [0.5, 0.6) is 0 Å². The summed E-state index contributed by atoms with van der Waals surface area (Å²) in [4.78, 5) is 0. The van der Waals surface area contributed by atoms with E-state index < -0.39 is 0 Å². The molecule has 1 fully saturated rings. The average molecular weight is 320 g/mol. The predicted octanol–water partition coefficient (Wildman–Crippen LogP) is 5.92. The van der Waals surface area contributed by atoms with Gasteiger partial charge in [-0.05, 0) is 37.3 Å². The summed E-state index contributed by atoms with van der Waals surface area (Å²) in [5, 5.41) is 3.63. The van der Waals surface area contributed by atoms with Gasteiger partial charge in [0.15, 0.2) is 0 Å². The van der Waals surface area contributed by atoms with Gasteiger partial charge in [0.2, 0.25) is 0 Å². The number of halogens is 2. The third-order valence-corrected chi connectivity index (χ3v) is 5.83. The van der Waals surface area contributed by atoms with Crippen molar-refractivity contribution in [2.75, 3.05) is 6.54 Å². The predicted molar refractivity (Wildman–Crippen MR) is 86.5 cm³/mol. The van der Waals surface area contributed by atoms with Gasteiger partial charge in [-0.1, -0.05) is 56.3 Å². The van der Waals surface area contributed by atoms with Crippen LogP contribution in [-0.4, -0.2) is 6.54 Å². The van der Waals surface area contributed by atoms with Gasteiger partial charge in [0.05, 0.1) is 8.67 Å². The quantitative estimate of drug-likeness (QED) is 0.710. The van der Waals surface area contributed by atoms with Crippen LogP contribution in [0.2, 0.25) is 8.67 Å². The van der Waals surface area contributed by atoms with Gasteiger partial charge < -0.3 is 5.32 Å². The molecule has 0 radical (unpaired) electrons. The summed E-state index contributed by atoms with van der Waals surface area (Å²) >= 11 is 14.0. The van der Waals surface area contributed by atoms with Crippen LogP contribution in [0.4, 0.5) is 0 Å². The second-order valence-electron chi connectivity index (χ2n) is 5.52. The zero-order valence-corrected chi connectivity index (χ0v) is 14.0. The van der Waals surface area contributed by atoms with Gasteiger partial charge >= 0.3 is 0 Å². The molecule has 0 aliphatic heterocycles. The van der Waals surface area contributed by atoms with Crippen LogP contribution in [0.1, 0.15) is 57.6 Å². The van der Waals surface area contributed by atoms with Gasteiger partial charge in [-0.25, -0.2) is 0 Å². The van der Waals surface area contributed by atoms with E-state index in [0.717, 1.165) is 21.1 Å². The van der Waals surface area contributed by atoms with Gasteiger partial charge in [-0.2, -0.15) is 0 Å². The van der Waals surface area contributed by atoms with Crippen molar-refractivity contribution in [3.63, 3.8) is 0 Å². The van der Waals surface area contributed by atoms with Crippen molar-refractivity contribution in [3.05, 3.63) is 20.3 Å². The van der Waals surface area contributed by atoms with Gasteiger partial charge in [-0.15, -0.1) is 11.3 Å². The van der Waals surface area contributed by atoms with E-state index >= 15 is 0 Å². The van der Waals surface area contributed by atoms with Crippen molar-refractivity contribution in [2.24, 2.45) is 11.8 Å². The van der Waals surface area contributed by atoms with Crippen molar-refractivity contribution in [2.45, 2.75) is 52.0 Å². The number of rotatable bonds is 5. The topological polar surface area (TPSA) is 12.0 Å². The lowest BCUT2D eigenvalue weighted by Crippen LogP contribution is -2.31. The highest BCUT2D eigenvalue weighted by molar-refractivity contribution is 7.20. The Hall–Kier alpha value is 0.240. The molecule has 2 rings (SSSR count). The molecule has 1 heterocycles. The molecule has 1 aliphatic rings. The Balaban J connectivity index is 2.17. The number of nitrogens with one attached hydrogen (secondary N) is 1. The van der Waals surface area contributed by atoms with Crippen molar-refractivity contribution in [3.8, 4) is 0 Å². The van der Waals surface area contributed by atoms with Gasteiger partial charge in [0.1, 0.15) is 0 Å². The van der Waals surface area contributed by atoms with Crippen molar-refractivity contribution in [1.29, 1.82) is 0 Å². The second-order valence-corrected chi connectivity index (χ2v) is 7.80. The molecule has 1 aliphatic carbocycles. The molecule has 19 heavy (non-hydrogen) atoms. The average Bonchev–Trinajstić information content (AvgIpc) is 2.75. The van der Waals surface area contributed by atoms with Crippen LogP contribution in [-0.2, 0) is 0 Å². The Bertz CT molecular complexity index is 405.